The minimum atomic E-state index is 0.179. The summed E-state index contributed by atoms with van der Waals surface area (Å²) in [6.07, 6.45) is 0. The third-order valence-electron chi connectivity index (χ3n) is 1.88. The molecule has 0 aliphatic heterocycles. The predicted molar refractivity (Wildman–Crippen MR) is 64.6 cm³/mol. The topological polar surface area (TPSA) is 48.2 Å². The molecule has 1 aromatic carbocycles. The summed E-state index contributed by atoms with van der Waals surface area (Å²) < 4.78 is 10.2. The summed E-state index contributed by atoms with van der Waals surface area (Å²) in [5, 5.41) is 4.59. The van der Waals surface area contributed by atoms with Gasteiger partial charge in [0, 0.05) is 6.07 Å². The molecular formula is C10H7Cl3N2O2. The molecule has 2 rings (SSSR count). The maximum atomic E-state index is 5.84. The van der Waals surface area contributed by atoms with Crippen molar-refractivity contribution in [3.05, 3.63) is 40.0 Å². The molecule has 0 saturated heterocycles. The largest absolute Gasteiger partial charge is 0.485 e. The van der Waals surface area contributed by atoms with E-state index >= 15 is 0 Å². The Balaban J connectivity index is 1.99. The summed E-state index contributed by atoms with van der Waals surface area (Å²) in [5.74, 6) is 1.54. The third-order valence-corrected chi connectivity index (χ3v) is 2.85. The Morgan fingerprint density at radius 3 is 2.71 bits per heavy atom. The van der Waals surface area contributed by atoms with E-state index < -0.39 is 0 Å². The van der Waals surface area contributed by atoms with Gasteiger partial charge >= 0.3 is 0 Å². The molecule has 0 aliphatic carbocycles. The maximum Gasteiger partial charge on any atom is 0.241 e. The summed E-state index contributed by atoms with van der Waals surface area (Å²) in [5.41, 5.74) is 0. The molecule has 0 unspecified atom stereocenters. The van der Waals surface area contributed by atoms with E-state index in [0.717, 1.165) is 0 Å². The van der Waals surface area contributed by atoms with Gasteiger partial charge in [-0.1, -0.05) is 28.4 Å². The van der Waals surface area contributed by atoms with E-state index in [0.29, 0.717) is 27.5 Å². The van der Waals surface area contributed by atoms with Gasteiger partial charge < -0.3 is 9.26 Å². The second-order valence-electron chi connectivity index (χ2n) is 3.10. The van der Waals surface area contributed by atoms with E-state index in [1.165, 1.54) is 0 Å². The zero-order valence-corrected chi connectivity index (χ0v) is 10.8. The molecule has 0 amide bonds. The average molecular weight is 294 g/mol. The van der Waals surface area contributed by atoms with Gasteiger partial charge in [0.15, 0.2) is 6.61 Å². The number of nitrogens with zero attached hydrogens (tertiary/aromatic N) is 2. The van der Waals surface area contributed by atoms with Crippen molar-refractivity contribution in [2.45, 2.75) is 12.5 Å². The second-order valence-corrected chi connectivity index (χ2v) is 4.18. The fourth-order valence-electron chi connectivity index (χ4n) is 1.12. The monoisotopic (exact) mass is 292 g/mol. The first-order chi connectivity index (χ1) is 8.19. The first-order valence-electron chi connectivity index (χ1n) is 4.64. The van der Waals surface area contributed by atoms with Crippen LogP contribution in [0.5, 0.6) is 5.75 Å². The van der Waals surface area contributed by atoms with Crippen LogP contribution < -0.4 is 4.74 Å². The van der Waals surface area contributed by atoms with Gasteiger partial charge in [-0.25, -0.2) is 0 Å². The van der Waals surface area contributed by atoms with Gasteiger partial charge in [-0.3, -0.25) is 0 Å². The molecule has 0 bridgehead atoms. The van der Waals surface area contributed by atoms with E-state index in [4.69, 9.17) is 44.1 Å². The predicted octanol–water partition coefficient (Wildman–Crippen LogP) is 3.69. The first kappa shape index (κ1) is 12.5. The molecule has 0 saturated carbocycles. The highest BCUT2D eigenvalue weighted by molar-refractivity contribution is 6.42. The van der Waals surface area contributed by atoms with Crippen molar-refractivity contribution in [1.29, 1.82) is 0 Å². The first-order valence-corrected chi connectivity index (χ1v) is 5.93. The Labute approximate surface area is 112 Å². The lowest BCUT2D eigenvalue weighted by atomic mass is 10.3. The van der Waals surface area contributed by atoms with Gasteiger partial charge in [0.25, 0.3) is 0 Å². The number of hydrogen-bond donors (Lipinski definition) is 0. The standard InChI is InChI=1S/C10H7Cl3N2O2/c11-4-10-14-9(15-17-10)5-16-6-1-2-7(12)8(13)3-6/h1-3H,4-5H2. The van der Waals surface area contributed by atoms with Crippen LogP contribution >= 0.6 is 34.8 Å². The third kappa shape index (κ3) is 3.25. The molecule has 1 heterocycles. The van der Waals surface area contributed by atoms with Gasteiger partial charge in [0.05, 0.1) is 10.0 Å². The highest BCUT2D eigenvalue weighted by atomic mass is 35.5. The molecule has 0 aliphatic rings. The number of alkyl halides is 1. The van der Waals surface area contributed by atoms with E-state index in [1.54, 1.807) is 18.2 Å². The van der Waals surface area contributed by atoms with Gasteiger partial charge in [-0.15, -0.1) is 11.6 Å². The molecule has 90 valence electrons. The van der Waals surface area contributed by atoms with Gasteiger partial charge in [0.1, 0.15) is 11.6 Å². The number of benzene rings is 1. The molecule has 1 aromatic heterocycles. The van der Waals surface area contributed by atoms with E-state index in [1.807, 2.05) is 0 Å². The maximum absolute atomic E-state index is 5.84. The van der Waals surface area contributed by atoms with Crippen molar-refractivity contribution in [2.24, 2.45) is 0 Å². The number of hydrogen-bond acceptors (Lipinski definition) is 4. The molecule has 0 N–H and O–H groups in total. The van der Waals surface area contributed by atoms with Crippen molar-refractivity contribution in [3.8, 4) is 5.75 Å². The van der Waals surface area contributed by atoms with E-state index in [2.05, 4.69) is 10.1 Å². The molecule has 0 atom stereocenters. The Morgan fingerprint density at radius 2 is 2.06 bits per heavy atom. The van der Waals surface area contributed by atoms with Gasteiger partial charge in [-0.2, -0.15) is 4.98 Å². The lowest BCUT2D eigenvalue weighted by Gasteiger charge is -2.04. The van der Waals surface area contributed by atoms with Crippen molar-refractivity contribution in [1.82, 2.24) is 10.1 Å². The Bertz CT molecular complexity index is 516. The molecule has 4 nitrogen and oxygen atoms in total. The van der Waals surface area contributed by atoms with Crippen LogP contribution in [-0.4, -0.2) is 10.1 Å². The Hall–Kier alpha value is -0.970. The van der Waals surface area contributed by atoms with Crippen molar-refractivity contribution >= 4 is 34.8 Å². The molecular weight excluding hydrogens is 286 g/mol. The van der Waals surface area contributed by atoms with Crippen LogP contribution in [0.4, 0.5) is 0 Å². The zero-order valence-electron chi connectivity index (χ0n) is 8.49. The van der Waals surface area contributed by atoms with Crippen LogP contribution in [0.2, 0.25) is 10.0 Å². The Kier molecular flexibility index (Phi) is 4.10. The van der Waals surface area contributed by atoms with Crippen molar-refractivity contribution in [2.75, 3.05) is 0 Å². The lowest BCUT2D eigenvalue weighted by molar-refractivity contribution is 0.285. The van der Waals surface area contributed by atoms with Crippen LogP contribution in [0.25, 0.3) is 0 Å². The average Bonchev–Trinajstić information content (AvgIpc) is 2.79. The molecule has 2 aromatic rings. The second kappa shape index (κ2) is 5.58. The Morgan fingerprint density at radius 1 is 1.24 bits per heavy atom. The fourth-order valence-corrected chi connectivity index (χ4v) is 1.51. The minimum absolute atomic E-state index is 0.179. The summed E-state index contributed by atoms with van der Waals surface area (Å²) in [7, 11) is 0. The smallest absolute Gasteiger partial charge is 0.241 e. The number of ether oxygens (including phenoxy) is 1. The molecule has 7 heteroatoms. The van der Waals surface area contributed by atoms with Crippen molar-refractivity contribution in [3.63, 3.8) is 0 Å². The van der Waals surface area contributed by atoms with Gasteiger partial charge in [0.2, 0.25) is 11.7 Å². The number of halogens is 3. The summed E-state index contributed by atoms with van der Waals surface area (Å²) in [4.78, 5) is 3.99. The fraction of sp³-hybridized carbons (Fsp3) is 0.200. The highest BCUT2D eigenvalue weighted by Crippen LogP contribution is 2.26. The highest BCUT2D eigenvalue weighted by Gasteiger charge is 2.06. The van der Waals surface area contributed by atoms with Crippen LogP contribution in [0.3, 0.4) is 0 Å². The van der Waals surface area contributed by atoms with Gasteiger partial charge in [-0.05, 0) is 12.1 Å². The molecule has 0 spiro atoms. The number of rotatable bonds is 4. The zero-order chi connectivity index (χ0) is 12.3. The lowest BCUT2D eigenvalue weighted by Crippen LogP contribution is -1.97. The molecule has 0 radical (unpaired) electrons. The molecule has 0 fully saturated rings. The summed E-state index contributed by atoms with van der Waals surface area (Å²) in [6.45, 7) is 0.179. The summed E-state index contributed by atoms with van der Waals surface area (Å²) >= 11 is 17.1. The van der Waals surface area contributed by atoms with Crippen LogP contribution in [0.15, 0.2) is 22.7 Å². The van der Waals surface area contributed by atoms with Crippen LogP contribution in [0, 0.1) is 0 Å². The van der Waals surface area contributed by atoms with E-state index in [-0.39, 0.29) is 12.5 Å². The SMILES string of the molecule is ClCc1nc(COc2ccc(Cl)c(Cl)c2)no1. The molecule has 17 heavy (non-hydrogen) atoms. The summed E-state index contributed by atoms with van der Waals surface area (Å²) in [6, 6.07) is 4.98. The van der Waals surface area contributed by atoms with Crippen molar-refractivity contribution < 1.29 is 9.26 Å². The quantitative estimate of drug-likeness (QED) is 0.807. The van der Waals surface area contributed by atoms with E-state index in [9.17, 15) is 0 Å². The normalized spacial score (nSPS) is 10.5. The minimum Gasteiger partial charge on any atom is -0.485 e. The number of aromatic nitrogens is 2. The van der Waals surface area contributed by atoms with Crippen LogP contribution in [-0.2, 0) is 12.5 Å². The van der Waals surface area contributed by atoms with Crippen LogP contribution in [0.1, 0.15) is 11.7 Å².